The Labute approximate surface area is 173 Å². The average Bonchev–Trinajstić information content (AvgIpc) is 2.66. The summed E-state index contributed by atoms with van der Waals surface area (Å²) in [6.07, 6.45) is 0.823. The van der Waals surface area contributed by atoms with E-state index in [1.165, 1.54) is 23.5 Å². The van der Waals surface area contributed by atoms with E-state index in [1.54, 1.807) is 19.1 Å². The van der Waals surface area contributed by atoms with Crippen LogP contribution in [0.5, 0.6) is 5.75 Å². The zero-order valence-electron chi connectivity index (χ0n) is 17.7. The van der Waals surface area contributed by atoms with Gasteiger partial charge in [0.15, 0.2) is 0 Å². The SMILES string of the molecule is COc1ccc(S(=O)(=O)N2CCC(C(=O)NC(C)C(=O)NC(C)(C)C)CC2)cc1. The molecule has 2 N–H and O–H groups in total. The summed E-state index contributed by atoms with van der Waals surface area (Å²) in [5, 5.41) is 5.57. The summed E-state index contributed by atoms with van der Waals surface area (Å²) >= 11 is 0. The highest BCUT2D eigenvalue weighted by Crippen LogP contribution is 2.25. The number of hydrogen-bond donors (Lipinski definition) is 2. The van der Waals surface area contributed by atoms with Gasteiger partial charge in [-0.3, -0.25) is 9.59 Å². The molecule has 9 heteroatoms. The summed E-state index contributed by atoms with van der Waals surface area (Å²) in [5.41, 5.74) is -0.378. The van der Waals surface area contributed by atoms with Crippen LogP contribution < -0.4 is 15.4 Å². The molecule has 8 nitrogen and oxygen atoms in total. The fourth-order valence-corrected chi connectivity index (χ4v) is 4.60. The summed E-state index contributed by atoms with van der Waals surface area (Å²) in [6, 6.07) is 5.60. The number of benzene rings is 1. The third kappa shape index (κ3) is 6.17. The van der Waals surface area contributed by atoms with Crippen LogP contribution in [0.3, 0.4) is 0 Å². The van der Waals surface area contributed by atoms with Gasteiger partial charge < -0.3 is 15.4 Å². The van der Waals surface area contributed by atoms with Gasteiger partial charge in [-0.2, -0.15) is 4.31 Å². The molecule has 1 aromatic carbocycles. The first-order chi connectivity index (χ1) is 13.4. The molecule has 2 amide bonds. The van der Waals surface area contributed by atoms with Crippen molar-refractivity contribution in [2.75, 3.05) is 20.2 Å². The van der Waals surface area contributed by atoms with Gasteiger partial charge in [-0.05, 0) is 64.8 Å². The Hall–Kier alpha value is -2.13. The number of hydrogen-bond acceptors (Lipinski definition) is 5. The van der Waals surface area contributed by atoms with Crippen LogP contribution in [0.4, 0.5) is 0 Å². The lowest BCUT2D eigenvalue weighted by Gasteiger charge is -2.31. The lowest BCUT2D eigenvalue weighted by Crippen LogP contribution is -2.52. The van der Waals surface area contributed by atoms with Gasteiger partial charge in [0.1, 0.15) is 11.8 Å². The molecule has 0 bridgehead atoms. The number of amides is 2. The molecule has 1 saturated heterocycles. The number of nitrogens with one attached hydrogen (secondary N) is 2. The summed E-state index contributed by atoms with van der Waals surface area (Å²) < 4.78 is 32.0. The van der Waals surface area contributed by atoms with Crippen LogP contribution >= 0.6 is 0 Å². The summed E-state index contributed by atoms with van der Waals surface area (Å²) in [4.78, 5) is 24.8. The maximum absolute atomic E-state index is 12.8. The number of carbonyl (C=O) groups is 2. The fourth-order valence-electron chi connectivity index (χ4n) is 3.13. The highest BCUT2D eigenvalue weighted by atomic mass is 32.2. The number of rotatable bonds is 6. The van der Waals surface area contributed by atoms with Crippen LogP contribution in [-0.4, -0.2) is 56.3 Å². The molecule has 0 spiro atoms. The minimum atomic E-state index is -3.61. The molecule has 0 aliphatic carbocycles. The Bertz CT molecular complexity index is 823. The highest BCUT2D eigenvalue weighted by Gasteiger charge is 2.33. The predicted octanol–water partition coefficient (Wildman–Crippen LogP) is 1.52. The molecular formula is C20H31N3O5S. The molecule has 162 valence electrons. The third-order valence-corrected chi connectivity index (χ3v) is 6.69. The van der Waals surface area contributed by atoms with Gasteiger partial charge in [-0.1, -0.05) is 0 Å². The molecule has 2 rings (SSSR count). The van der Waals surface area contributed by atoms with Crippen molar-refractivity contribution >= 4 is 21.8 Å². The lowest BCUT2D eigenvalue weighted by molar-refractivity contribution is -0.132. The summed E-state index contributed by atoms with van der Waals surface area (Å²) in [7, 11) is -2.09. The van der Waals surface area contributed by atoms with Gasteiger partial charge in [0.25, 0.3) is 0 Å². The second kappa shape index (κ2) is 9.13. The maximum Gasteiger partial charge on any atom is 0.243 e. The molecule has 1 heterocycles. The van der Waals surface area contributed by atoms with Crippen molar-refractivity contribution < 1.29 is 22.7 Å². The molecule has 1 aromatic rings. The number of methoxy groups -OCH3 is 1. The molecule has 1 unspecified atom stereocenters. The van der Waals surface area contributed by atoms with Gasteiger partial charge in [-0.15, -0.1) is 0 Å². The van der Waals surface area contributed by atoms with Gasteiger partial charge in [0.05, 0.1) is 12.0 Å². The second-order valence-electron chi connectivity index (χ2n) is 8.32. The number of sulfonamides is 1. The van der Waals surface area contributed by atoms with Crippen LogP contribution in [0.15, 0.2) is 29.2 Å². The minimum Gasteiger partial charge on any atom is -0.497 e. The van der Waals surface area contributed by atoms with E-state index in [1.807, 2.05) is 20.8 Å². The molecule has 0 radical (unpaired) electrons. The molecule has 1 atom stereocenters. The maximum atomic E-state index is 12.8. The first-order valence-corrected chi connectivity index (χ1v) is 11.1. The zero-order chi connectivity index (χ0) is 21.8. The van der Waals surface area contributed by atoms with Crippen molar-refractivity contribution in [2.24, 2.45) is 5.92 Å². The average molecular weight is 426 g/mol. The van der Waals surface area contributed by atoms with E-state index in [0.29, 0.717) is 18.6 Å². The second-order valence-corrected chi connectivity index (χ2v) is 10.3. The Kier molecular flexibility index (Phi) is 7.29. The molecule has 29 heavy (non-hydrogen) atoms. The monoisotopic (exact) mass is 425 g/mol. The standard InChI is InChI=1S/C20H31N3O5S/c1-14(18(24)22-20(2,3)4)21-19(25)15-10-12-23(13-11-15)29(26,27)17-8-6-16(28-5)7-9-17/h6-9,14-15H,10-13H2,1-5H3,(H,21,25)(H,22,24). The Morgan fingerprint density at radius 2 is 1.69 bits per heavy atom. The number of piperidine rings is 1. The van der Waals surface area contributed by atoms with E-state index in [4.69, 9.17) is 4.74 Å². The van der Waals surface area contributed by atoms with Crippen molar-refractivity contribution in [2.45, 2.75) is 57.0 Å². The highest BCUT2D eigenvalue weighted by molar-refractivity contribution is 7.89. The van der Waals surface area contributed by atoms with Crippen molar-refractivity contribution in [3.63, 3.8) is 0 Å². The zero-order valence-corrected chi connectivity index (χ0v) is 18.5. The largest absolute Gasteiger partial charge is 0.497 e. The molecule has 1 aliphatic heterocycles. The first kappa shape index (κ1) is 23.2. The van der Waals surface area contributed by atoms with Crippen molar-refractivity contribution in [3.05, 3.63) is 24.3 Å². The Balaban J connectivity index is 1.92. The first-order valence-electron chi connectivity index (χ1n) is 9.70. The number of nitrogens with zero attached hydrogens (tertiary/aromatic N) is 1. The van der Waals surface area contributed by atoms with E-state index in [-0.39, 0.29) is 41.3 Å². The summed E-state index contributed by atoms with van der Waals surface area (Å²) in [5.74, 6) is -0.195. The van der Waals surface area contributed by atoms with Crippen LogP contribution in [0, 0.1) is 5.92 Å². The van der Waals surface area contributed by atoms with E-state index < -0.39 is 16.1 Å². The Morgan fingerprint density at radius 3 is 2.17 bits per heavy atom. The normalized spacial score (nSPS) is 17.4. The number of carbonyl (C=O) groups excluding carboxylic acids is 2. The van der Waals surface area contributed by atoms with Crippen LogP contribution in [-0.2, 0) is 19.6 Å². The molecule has 1 fully saturated rings. The number of ether oxygens (including phenoxy) is 1. The van der Waals surface area contributed by atoms with Crippen molar-refractivity contribution in [1.29, 1.82) is 0 Å². The molecule has 1 aliphatic rings. The molecule has 0 aromatic heterocycles. The smallest absolute Gasteiger partial charge is 0.243 e. The van der Waals surface area contributed by atoms with Gasteiger partial charge >= 0.3 is 0 Å². The van der Waals surface area contributed by atoms with Crippen molar-refractivity contribution in [3.8, 4) is 5.75 Å². The topological polar surface area (TPSA) is 105 Å². The van der Waals surface area contributed by atoms with E-state index in [2.05, 4.69) is 10.6 Å². The van der Waals surface area contributed by atoms with E-state index >= 15 is 0 Å². The fraction of sp³-hybridized carbons (Fsp3) is 0.600. The van der Waals surface area contributed by atoms with E-state index in [0.717, 1.165) is 0 Å². The van der Waals surface area contributed by atoms with Gasteiger partial charge in [0.2, 0.25) is 21.8 Å². The molecular weight excluding hydrogens is 394 g/mol. The predicted molar refractivity (Wildman–Crippen MR) is 110 cm³/mol. The van der Waals surface area contributed by atoms with Gasteiger partial charge in [0, 0.05) is 24.5 Å². The minimum absolute atomic E-state index is 0.202. The van der Waals surface area contributed by atoms with Crippen molar-refractivity contribution in [1.82, 2.24) is 14.9 Å². The molecule has 0 saturated carbocycles. The van der Waals surface area contributed by atoms with Crippen LogP contribution in [0.2, 0.25) is 0 Å². The lowest BCUT2D eigenvalue weighted by atomic mass is 9.97. The van der Waals surface area contributed by atoms with Crippen LogP contribution in [0.1, 0.15) is 40.5 Å². The van der Waals surface area contributed by atoms with E-state index in [9.17, 15) is 18.0 Å². The Morgan fingerprint density at radius 1 is 1.14 bits per heavy atom. The summed E-state index contributed by atoms with van der Waals surface area (Å²) in [6.45, 7) is 7.78. The van der Waals surface area contributed by atoms with Gasteiger partial charge in [-0.25, -0.2) is 8.42 Å². The quantitative estimate of drug-likeness (QED) is 0.719. The third-order valence-electron chi connectivity index (χ3n) is 4.77. The van der Waals surface area contributed by atoms with Crippen LogP contribution in [0.25, 0.3) is 0 Å².